The number of rotatable bonds is 4. The second-order valence-electron chi connectivity index (χ2n) is 4.38. The summed E-state index contributed by atoms with van der Waals surface area (Å²) in [6.45, 7) is 8.24. The highest BCUT2D eigenvalue weighted by atomic mass is 16.5. The lowest BCUT2D eigenvalue weighted by molar-refractivity contribution is 0.306. The fraction of sp³-hybridized carbons (Fsp3) is 0.467. The molecule has 94 valence electrons. The predicted octanol–water partition coefficient (Wildman–Crippen LogP) is 3.53. The summed E-state index contributed by atoms with van der Waals surface area (Å²) in [6.07, 6.45) is 1.98. The standard InChI is InChI=1S/C15H18N2O/c1-5-6-7-18-15-12(4)13(8-16)10(2)11(3)14(15)9-17/h5-7H2,1-4H3. The molecule has 0 aliphatic carbocycles. The van der Waals surface area contributed by atoms with Crippen molar-refractivity contribution in [3.63, 3.8) is 0 Å². The minimum Gasteiger partial charge on any atom is -0.492 e. The average Bonchev–Trinajstić information content (AvgIpc) is 2.36. The van der Waals surface area contributed by atoms with E-state index in [-0.39, 0.29) is 0 Å². The van der Waals surface area contributed by atoms with Crippen molar-refractivity contribution in [1.29, 1.82) is 10.5 Å². The van der Waals surface area contributed by atoms with Crippen molar-refractivity contribution in [3.05, 3.63) is 27.8 Å². The van der Waals surface area contributed by atoms with Gasteiger partial charge in [0.2, 0.25) is 0 Å². The van der Waals surface area contributed by atoms with Crippen LogP contribution in [-0.2, 0) is 0 Å². The van der Waals surface area contributed by atoms with Crippen LogP contribution in [0, 0.1) is 43.4 Å². The zero-order valence-electron chi connectivity index (χ0n) is 11.4. The Balaban J connectivity index is 3.36. The molecule has 0 N–H and O–H groups in total. The van der Waals surface area contributed by atoms with Gasteiger partial charge in [-0.1, -0.05) is 13.3 Å². The Morgan fingerprint density at radius 1 is 0.944 bits per heavy atom. The van der Waals surface area contributed by atoms with Crippen molar-refractivity contribution < 1.29 is 4.74 Å². The van der Waals surface area contributed by atoms with Gasteiger partial charge in [-0.05, 0) is 38.3 Å². The van der Waals surface area contributed by atoms with Crippen molar-refractivity contribution in [2.75, 3.05) is 6.61 Å². The first-order valence-electron chi connectivity index (χ1n) is 6.15. The smallest absolute Gasteiger partial charge is 0.141 e. The Morgan fingerprint density at radius 2 is 1.50 bits per heavy atom. The number of hydrogen-bond donors (Lipinski definition) is 0. The first kappa shape index (κ1) is 14.1. The molecule has 0 heterocycles. The highest BCUT2D eigenvalue weighted by Crippen LogP contribution is 2.32. The number of unbranched alkanes of at least 4 members (excludes halogenated alkanes) is 1. The van der Waals surface area contributed by atoms with E-state index in [0.717, 1.165) is 29.5 Å². The lowest BCUT2D eigenvalue weighted by atomic mass is 9.93. The quantitative estimate of drug-likeness (QED) is 0.759. The molecule has 0 amide bonds. The van der Waals surface area contributed by atoms with Crippen LogP contribution in [0.3, 0.4) is 0 Å². The lowest BCUT2D eigenvalue weighted by Gasteiger charge is -2.16. The minimum absolute atomic E-state index is 0.556. The third kappa shape index (κ3) is 2.46. The number of nitriles is 2. The van der Waals surface area contributed by atoms with E-state index in [0.29, 0.717) is 23.5 Å². The van der Waals surface area contributed by atoms with E-state index in [9.17, 15) is 10.5 Å². The second-order valence-corrected chi connectivity index (χ2v) is 4.38. The molecule has 1 rings (SSSR count). The summed E-state index contributed by atoms with van der Waals surface area (Å²) >= 11 is 0. The monoisotopic (exact) mass is 242 g/mol. The first-order chi connectivity index (χ1) is 8.58. The van der Waals surface area contributed by atoms with Crippen LogP contribution < -0.4 is 4.74 Å². The molecular weight excluding hydrogens is 224 g/mol. The summed E-state index contributed by atoms with van der Waals surface area (Å²) in [4.78, 5) is 0. The van der Waals surface area contributed by atoms with Crippen molar-refractivity contribution in [3.8, 4) is 17.9 Å². The van der Waals surface area contributed by atoms with Gasteiger partial charge in [0, 0.05) is 5.56 Å². The molecule has 3 nitrogen and oxygen atoms in total. The predicted molar refractivity (Wildman–Crippen MR) is 70.5 cm³/mol. The summed E-state index contributed by atoms with van der Waals surface area (Å²) in [5.74, 6) is 0.575. The maximum Gasteiger partial charge on any atom is 0.141 e. The summed E-state index contributed by atoms with van der Waals surface area (Å²) in [6, 6.07) is 4.39. The van der Waals surface area contributed by atoms with Crippen molar-refractivity contribution in [2.24, 2.45) is 0 Å². The Bertz CT molecular complexity index is 533. The topological polar surface area (TPSA) is 56.8 Å². The van der Waals surface area contributed by atoms with Crippen LogP contribution in [0.4, 0.5) is 0 Å². The Morgan fingerprint density at radius 3 is 2.00 bits per heavy atom. The summed E-state index contributed by atoms with van der Waals surface area (Å²) in [7, 11) is 0. The van der Waals surface area contributed by atoms with Gasteiger partial charge in [-0.15, -0.1) is 0 Å². The molecule has 0 aliphatic heterocycles. The molecular formula is C15H18N2O. The first-order valence-corrected chi connectivity index (χ1v) is 6.15. The molecule has 0 unspecified atom stereocenters. The molecule has 0 aromatic heterocycles. The maximum absolute atomic E-state index is 9.26. The van der Waals surface area contributed by atoms with Crippen LogP contribution in [0.1, 0.15) is 47.6 Å². The van der Waals surface area contributed by atoms with Gasteiger partial charge in [-0.2, -0.15) is 10.5 Å². The van der Waals surface area contributed by atoms with Crippen LogP contribution in [0.25, 0.3) is 0 Å². The third-order valence-corrected chi connectivity index (χ3v) is 3.22. The van der Waals surface area contributed by atoms with Crippen molar-refractivity contribution in [2.45, 2.75) is 40.5 Å². The Labute approximate surface area is 109 Å². The van der Waals surface area contributed by atoms with Gasteiger partial charge in [0.15, 0.2) is 0 Å². The van der Waals surface area contributed by atoms with Crippen molar-refractivity contribution in [1.82, 2.24) is 0 Å². The molecule has 3 heteroatoms. The molecule has 0 fully saturated rings. The van der Waals surface area contributed by atoms with Crippen LogP contribution in [-0.4, -0.2) is 6.61 Å². The fourth-order valence-corrected chi connectivity index (χ4v) is 1.93. The molecule has 0 aliphatic rings. The van der Waals surface area contributed by atoms with Gasteiger partial charge >= 0.3 is 0 Å². The molecule has 0 bridgehead atoms. The maximum atomic E-state index is 9.26. The molecule has 18 heavy (non-hydrogen) atoms. The van der Waals surface area contributed by atoms with Crippen LogP contribution >= 0.6 is 0 Å². The van der Waals surface area contributed by atoms with Crippen LogP contribution in [0.5, 0.6) is 5.75 Å². The summed E-state index contributed by atoms with van der Waals surface area (Å²) in [5.41, 5.74) is 3.66. The summed E-state index contributed by atoms with van der Waals surface area (Å²) < 4.78 is 5.70. The zero-order chi connectivity index (χ0) is 13.7. The van der Waals surface area contributed by atoms with E-state index >= 15 is 0 Å². The lowest BCUT2D eigenvalue weighted by Crippen LogP contribution is -2.05. The van der Waals surface area contributed by atoms with E-state index in [2.05, 4.69) is 19.1 Å². The number of benzene rings is 1. The van der Waals surface area contributed by atoms with Gasteiger partial charge in [-0.3, -0.25) is 0 Å². The molecule has 1 aromatic rings. The van der Waals surface area contributed by atoms with Gasteiger partial charge in [-0.25, -0.2) is 0 Å². The van der Waals surface area contributed by atoms with E-state index in [4.69, 9.17) is 4.74 Å². The Kier molecular flexibility index (Phi) is 4.75. The minimum atomic E-state index is 0.556. The number of hydrogen-bond acceptors (Lipinski definition) is 3. The van der Waals surface area contributed by atoms with E-state index < -0.39 is 0 Å². The third-order valence-electron chi connectivity index (χ3n) is 3.22. The van der Waals surface area contributed by atoms with Crippen molar-refractivity contribution >= 4 is 0 Å². The fourth-order valence-electron chi connectivity index (χ4n) is 1.93. The largest absolute Gasteiger partial charge is 0.492 e. The highest BCUT2D eigenvalue weighted by molar-refractivity contribution is 5.62. The van der Waals surface area contributed by atoms with Crippen LogP contribution in [0.2, 0.25) is 0 Å². The normalized spacial score (nSPS) is 9.67. The SMILES string of the molecule is CCCCOc1c(C)c(C#N)c(C)c(C)c1C#N. The molecule has 1 aromatic carbocycles. The summed E-state index contributed by atoms with van der Waals surface area (Å²) in [5, 5.41) is 18.5. The molecule has 0 spiro atoms. The van der Waals surface area contributed by atoms with Gasteiger partial charge in [0.25, 0.3) is 0 Å². The Hall–Kier alpha value is -2.00. The molecule has 0 radical (unpaired) electrons. The van der Waals surface area contributed by atoms with E-state index in [1.54, 1.807) is 0 Å². The van der Waals surface area contributed by atoms with Gasteiger partial charge in [0.05, 0.1) is 23.8 Å². The van der Waals surface area contributed by atoms with Gasteiger partial charge < -0.3 is 4.74 Å². The van der Waals surface area contributed by atoms with Crippen LogP contribution in [0.15, 0.2) is 0 Å². The zero-order valence-corrected chi connectivity index (χ0v) is 11.4. The molecule has 0 atom stereocenters. The molecule has 0 saturated heterocycles. The van der Waals surface area contributed by atoms with E-state index in [1.165, 1.54) is 0 Å². The molecule has 0 saturated carbocycles. The second kappa shape index (κ2) is 6.07. The van der Waals surface area contributed by atoms with E-state index in [1.807, 2.05) is 20.8 Å². The number of ether oxygens (including phenoxy) is 1. The van der Waals surface area contributed by atoms with Gasteiger partial charge in [0.1, 0.15) is 11.8 Å². The highest BCUT2D eigenvalue weighted by Gasteiger charge is 2.18. The number of nitrogens with zero attached hydrogens (tertiary/aromatic N) is 2. The average molecular weight is 242 g/mol.